The van der Waals surface area contributed by atoms with Crippen LogP contribution in [0.4, 0.5) is 0 Å². The molecule has 1 unspecified atom stereocenters. The summed E-state index contributed by atoms with van der Waals surface area (Å²) in [4.78, 5) is 23.2. The Kier molecular flexibility index (Phi) is 6.71. The van der Waals surface area contributed by atoms with Crippen LogP contribution in [0.2, 0.25) is 0 Å². The second-order valence-electron chi connectivity index (χ2n) is 4.29. The Morgan fingerprint density at radius 2 is 1.90 bits per heavy atom. The number of ether oxygens (including phenoxy) is 2. The van der Waals surface area contributed by atoms with Crippen LogP contribution in [0.25, 0.3) is 0 Å². The van der Waals surface area contributed by atoms with Gasteiger partial charge in [0.1, 0.15) is 4.83 Å². The summed E-state index contributed by atoms with van der Waals surface area (Å²) in [7, 11) is 0. The minimum Gasteiger partial charge on any atom is -0.465 e. The predicted octanol–water partition coefficient (Wildman–Crippen LogP) is 3.08. The molecule has 0 amide bonds. The second-order valence-corrected chi connectivity index (χ2v) is 5.21. The molecule has 1 aliphatic carbocycles. The highest BCUT2D eigenvalue weighted by Crippen LogP contribution is 2.27. The molecule has 0 saturated carbocycles. The van der Waals surface area contributed by atoms with Gasteiger partial charge in [-0.3, -0.25) is 4.79 Å². The Labute approximate surface area is 127 Å². The van der Waals surface area contributed by atoms with E-state index in [1.807, 2.05) is 13.0 Å². The van der Waals surface area contributed by atoms with E-state index in [4.69, 9.17) is 9.47 Å². The zero-order valence-corrected chi connectivity index (χ0v) is 13.5. The molecule has 0 aliphatic heterocycles. The van der Waals surface area contributed by atoms with Crippen molar-refractivity contribution in [3.05, 3.63) is 34.9 Å². The van der Waals surface area contributed by atoms with Gasteiger partial charge in [-0.1, -0.05) is 39.7 Å². The third-order valence-corrected chi connectivity index (χ3v) is 3.62. The van der Waals surface area contributed by atoms with E-state index in [0.29, 0.717) is 30.8 Å². The molecule has 4 nitrogen and oxygen atoms in total. The number of esters is 2. The van der Waals surface area contributed by atoms with E-state index in [-0.39, 0.29) is 0 Å². The minimum atomic E-state index is -0.680. The molecule has 1 atom stereocenters. The van der Waals surface area contributed by atoms with Crippen LogP contribution in [-0.2, 0) is 19.1 Å². The van der Waals surface area contributed by atoms with Crippen LogP contribution in [0.15, 0.2) is 34.9 Å². The molecule has 0 spiro atoms. The average molecular weight is 343 g/mol. The molecule has 0 aromatic heterocycles. The van der Waals surface area contributed by atoms with Crippen LogP contribution in [-0.4, -0.2) is 30.0 Å². The zero-order valence-electron chi connectivity index (χ0n) is 11.9. The molecule has 110 valence electrons. The van der Waals surface area contributed by atoms with Gasteiger partial charge in [-0.15, -0.1) is 0 Å². The van der Waals surface area contributed by atoms with Crippen molar-refractivity contribution in [3.8, 4) is 0 Å². The molecule has 0 saturated heterocycles. The molecule has 0 radical (unpaired) electrons. The van der Waals surface area contributed by atoms with E-state index in [1.165, 1.54) is 0 Å². The topological polar surface area (TPSA) is 52.6 Å². The molecular formula is C15H19BrO4. The fourth-order valence-electron chi connectivity index (χ4n) is 1.74. The first-order valence-corrected chi connectivity index (χ1v) is 7.48. The van der Waals surface area contributed by atoms with E-state index in [2.05, 4.69) is 15.9 Å². The van der Waals surface area contributed by atoms with Crippen molar-refractivity contribution >= 4 is 27.9 Å². The average Bonchev–Trinajstić information content (AvgIpc) is 2.60. The largest absolute Gasteiger partial charge is 0.465 e. The van der Waals surface area contributed by atoms with E-state index in [1.54, 1.807) is 26.0 Å². The molecule has 0 heterocycles. The van der Waals surface area contributed by atoms with Crippen LogP contribution in [0.1, 0.15) is 27.2 Å². The summed E-state index contributed by atoms with van der Waals surface area (Å²) in [5.74, 6) is -0.836. The maximum absolute atomic E-state index is 12.0. The number of carbonyl (C=O) groups is 2. The Balaban J connectivity index is 3.08. The standard InChI is InChI=1S/C15H19BrO4/c1-4-19-14(17)12-9-7-10(3)6-8-11(12)13(16)15(18)20-5-2/h6,8-9,13H,4-5,7H2,1-3H3. The van der Waals surface area contributed by atoms with Crippen LogP contribution in [0.5, 0.6) is 0 Å². The summed E-state index contributed by atoms with van der Waals surface area (Å²) in [6, 6.07) is 0. The molecule has 0 aromatic carbocycles. The normalized spacial score (nSPS) is 16.3. The minimum absolute atomic E-state index is 0.293. The summed E-state index contributed by atoms with van der Waals surface area (Å²) >= 11 is 3.30. The lowest BCUT2D eigenvalue weighted by molar-refractivity contribution is -0.141. The van der Waals surface area contributed by atoms with E-state index < -0.39 is 16.8 Å². The van der Waals surface area contributed by atoms with Gasteiger partial charge < -0.3 is 9.47 Å². The lowest BCUT2D eigenvalue weighted by Crippen LogP contribution is -2.23. The Morgan fingerprint density at radius 1 is 1.25 bits per heavy atom. The monoisotopic (exact) mass is 342 g/mol. The lowest BCUT2D eigenvalue weighted by atomic mass is 10.0. The van der Waals surface area contributed by atoms with Crippen molar-refractivity contribution in [2.24, 2.45) is 0 Å². The summed E-state index contributed by atoms with van der Waals surface area (Å²) in [5, 5.41) is 0. The van der Waals surface area contributed by atoms with Gasteiger partial charge >= 0.3 is 11.9 Å². The molecule has 1 rings (SSSR count). The van der Waals surface area contributed by atoms with Gasteiger partial charge in [0.05, 0.1) is 18.8 Å². The van der Waals surface area contributed by atoms with Gasteiger partial charge in [0.15, 0.2) is 0 Å². The van der Waals surface area contributed by atoms with Crippen LogP contribution in [0.3, 0.4) is 0 Å². The van der Waals surface area contributed by atoms with Crippen molar-refractivity contribution in [2.75, 3.05) is 13.2 Å². The summed E-state index contributed by atoms with van der Waals surface area (Å²) in [5.41, 5.74) is 2.08. The molecule has 0 aromatic rings. The fourth-order valence-corrected chi connectivity index (χ4v) is 2.28. The summed E-state index contributed by atoms with van der Waals surface area (Å²) in [6.45, 7) is 6.04. The number of alkyl halides is 1. The molecule has 0 N–H and O–H groups in total. The second kappa shape index (κ2) is 8.04. The van der Waals surface area contributed by atoms with Crippen LogP contribution < -0.4 is 0 Å². The van der Waals surface area contributed by atoms with Crippen LogP contribution in [0, 0.1) is 0 Å². The van der Waals surface area contributed by atoms with Crippen molar-refractivity contribution < 1.29 is 19.1 Å². The SMILES string of the molecule is CCOC(=O)C1=CCC(C)=CC=C1C(Br)C(=O)OCC. The highest BCUT2D eigenvalue weighted by Gasteiger charge is 2.28. The van der Waals surface area contributed by atoms with Crippen LogP contribution >= 0.6 is 15.9 Å². The van der Waals surface area contributed by atoms with Gasteiger partial charge in [0.2, 0.25) is 0 Å². The Morgan fingerprint density at radius 3 is 2.50 bits per heavy atom. The van der Waals surface area contributed by atoms with Gasteiger partial charge in [-0.25, -0.2) is 4.79 Å². The third kappa shape index (κ3) is 4.34. The van der Waals surface area contributed by atoms with Gasteiger partial charge in [0.25, 0.3) is 0 Å². The Hall–Kier alpha value is -1.36. The third-order valence-electron chi connectivity index (χ3n) is 2.75. The fraction of sp³-hybridized carbons (Fsp3) is 0.467. The van der Waals surface area contributed by atoms with Gasteiger partial charge in [-0.2, -0.15) is 0 Å². The van der Waals surface area contributed by atoms with E-state index in [0.717, 1.165) is 5.57 Å². The predicted molar refractivity (Wildman–Crippen MR) is 80.5 cm³/mol. The number of rotatable bonds is 5. The summed E-state index contributed by atoms with van der Waals surface area (Å²) < 4.78 is 10.0. The first-order chi connectivity index (χ1) is 9.51. The van der Waals surface area contributed by atoms with Gasteiger partial charge in [0, 0.05) is 0 Å². The smallest absolute Gasteiger partial charge is 0.338 e. The van der Waals surface area contributed by atoms with E-state index in [9.17, 15) is 9.59 Å². The molecular weight excluding hydrogens is 324 g/mol. The highest BCUT2D eigenvalue weighted by atomic mass is 79.9. The van der Waals surface area contributed by atoms with E-state index >= 15 is 0 Å². The number of carbonyl (C=O) groups excluding carboxylic acids is 2. The maximum Gasteiger partial charge on any atom is 0.338 e. The number of hydrogen-bond donors (Lipinski definition) is 0. The highest BCUT2D eigenvalue weighted by molar-refractivity contribution is 9.10. The number of halogens is 1. The lowest BCUT2D eigenvalue weighted by Gasteiger charge is -2.15. The quantitative estimate of drug-likeness (QED) is 0.569. The number of hydrogen-bond acceptors (Lipinski definition) is 4. The van der Waals surface area contributed by atoms with Crippen molar-refractivity contribution in [3.63, 3.8) is 0 Å². The number of allylic oxidation sites excluding steroid dienone is 4. The molecule has 0 fully saturated rings. The zero-order chi connectivity index (χ0) is 15.1. The maximum atomic E-state index is 12.0. The molecule has 1 aliphatic rings. The first kappa shape index (κ1) is 16.7. The first-order valence-electron chi connectivity index (χ1n) is 6.56. The molecule has 20 heavy (non-hydrogen) atoms. The van der Waals surface area contributed by atoms with Crippen molar-refractivity contribution in [2.45, 2.75) is 32.0 Å². The summed E-state index contributed by atoms with van der Waals surface area (Å²) in [6.07, 6.45) is 6.10. The van der Waals surface area contributed by atoms with Crippen molar-refractivity contribution in [1.29, 1.82) is 0 Å². The Bertz CT molecular complexity index is 474. The van der Waals surface area contributed by atoms with Crippen molar-refractivity contribution in [1.82, 2.24) is 0 Å². The molecule has 5 heteroatoms. The van der Waals surface area contributed by atoms with Gasteiger partial charge in [-0.05, 0) is 32.8 Å². The molecule has 0 bridgehead atoms.